The highest BCUT2D eigenvalue weighted by atomic mass is 32.1. The Bertz CT molecular complexity index is 57.9. The number of thiocarbonyl (C=S) groups is 1. The molecule has 0 spiro atoms. The van der Waals surface area contributed by atoms with Crippen LogP contribution in [-0.4, -0.2) is 11.7 Å². The van der Waals surface area contributed by atoms with Crippen LogP contribution in [0.25, 0.3) is 0 Å². The van der Waals surface area contributed by atoms with Crippen molar-refractivity contribution in [2.45, 2.75) is 6.92 Å². The van der Waals surface area contributed by atoms with Gasteiger partial charge in [0.25, 0.3) is 0 Å². The quantitative estimate of drug-likeness (QED) is 0.317. The van der Waals surface area contributed by atoms with Gasteiger partial charge in [0.1, 0.15) is 0 Å². The maximum Gasteiger partial charge on any atom is 0.0991 e. The summed E-state index contributed by atoms with van der Waals surface area (Å²) in [6.07, 6.45) is 0. The zero-order valence-corrected chi connectivity index (χ0v) is 3.88. The molecule has 0 atom stereocenters. The summed E-state index contributed by atoms with van der Waals surface area (Å²) in [6.45, 7) is 4.89. The Hall–Kier alpha value is -0.240. The summed E-state index contributed by atoms with van der Waals surface area (Å²) in [5.74, 6) is 0. The molecule has 0 aromatic carbocycles. The Kier molecular flexibility index (Phi) is 1.93. The van der Waals surface area contributed by atoms with Gasteiger partial charge in [-0.15, -0.1) is 0 Å². The summed E-state index contributed by atoms with van der Waals surface area (Å²) in [5, 5.41) is 0. The summed E-state index contributed by atoms with van der Waals surface area (Å²) >= 11 is 4.47. The van der Waals surface area contributed by atoms with Gasteiger partial charge in [0.15, 0.2) is 0 Å². The van der Waals surface area contributed by atoms with E-state index in [1.54, 1.807) is 6.92 Å². The van der Waals surface area contributed by atoms with Crippen LogP contribution in [0.1, 0.15) is 6.92 Å². The molecule has 28 valence electrons. The lowest BCUT2D eigenvalue weighted by Gasteiger charge is -1.69. The molecule has 0 heterocycles. The second-order valence-corrected chi connectivity index (χ2v) is 1.27. The van der Waals surface area contributed by atoms with Crippen molar-refractivity contribution in [3.63, 3.8) is 0 Å². The molecular weight excluding hydrogens is 82.1 g/mol. The fourth-order valence-electron chi connectivity index (χ4n) is 0. The summed E-state index contributed by atoms with van der Waals surface area (Å²) in [4.78, 5) is 3.97. The molecule has 2 heteroatoms. The van der Waals surface area contributed by atoms with Crippen LogP contribution in [0.5, 0.6) is 0 Å². The standard InChI is InChI=1S/C3H5NS/c1-3(5)4-2/h2H2,1H3. The van der Waals surface area contributed by atoms with Gasteiger partial charge in [-0.25, -0.2) is 0 Å². The van der Waals surface area contributed by atoms with Crippen molar-refractivity contribution >= 4 is 23.9 Å². The van der Waals surface area contributed by atoms with Crippen LogP contribution in [0.15, 0.2) is 4.99 Å². The van der Waals surface area contributed by atoms with E-state index in [2.05, 4.69) is 23.9 Å². The van der Waals surface area contributed by atoms with Gasteiger partial charge in [-0.3, -0.25) is 4.99 Å². The zero-order chi connectivity index (χ0) is 4.28. The molecule has 5 heavy (non-hydrogen) atoms. The second kappa shape index (κ2) is 2.03. The first kappa shape index (κ1) is 4.76. The maximum atomic E-state index is 4.47. The van der Waals surface area contributed by atoms with Crippen molar-refractivity contribution < 1.29 is 0 Å². The topological polar surface area (TPSA) is 12.4 Å². The molecule has 0 rings (SSSR count). The minimum Gasteiger partial charge on any atom is -0.258 e. The molecule has 0 amide bonds. The lowest BCUT2D eigenvalue weighted by molar-refractivity contribution is 1.74. The summed E-state index contributed by atoms with van der Waals surface area (Å²) < 4.78 is 0. The van der Waals surface area contributed by atoms with Crippen LogP contribution in [0.2, 0.25) is 0 Å². The molecule has 0 unspecified atom stereocenters. The molecule has 0 saturated carbocycles. The monoisotopic (exact) mass is 87.0 g/mol. The molecule has 0 radical (unpaired) electrons. The van der Waals surface area contributed by atoms with Crippen LogP contribution < -0.4 is 0 Å². The molecule has 1 nitrogen and oxygen atoms in total. The largest absolute Gasteiger partial charge is 0.258 e. The van der Waals surface area contributed by atoms with Gasteiger partial charge in [0.05, 0.1) is 4.99 Å². The van der Waals surface area contributed by atoms with Crippen molar-refractivity contribution in [2.75, 3.05) is 0 Å². The summed E-state index contributed by atoms with van der Waals surface area (Å²) in [6, 6.07) is 0. The maximum absolute atomic E-state index is 4.47. The first-order valence-corrected chi connectivity index (χ1v) is 1.65. The predicted octanol–water partition coefficient (Wildman–Crippen LogP) is 1.03. The normalized spacial score (nSPS) is 6.60. The fraction of sp³-hybridized carbons (Fsp3) is 0.333. The Balaban J connectivity index is 3.20. The van der Waals surface area contributed by atoms with E-state index in [9.17, 15) is 0 Å². The Morgan fingerprint density at radius 1 is 2.00 bits per heavy atom. The first-order chi connectivity index (χ1) is 2.27. The van der Waals surface area contributed by atoms with Gasteiger partial charge in [-0.2, -0.15) is 0 Å². The van der Waals surface area contributed by atoms with Crippen molar-refractivity contribution in [3.05, 3.63) is 0 Å². The van der Waals surface area contributed by atoms with Crippen molar-refractivity contribution in [2.24, 2.45) is 4.99 Å². The van der Waals surface area contributed by atoms with Crippen molar-refractivity contribution in [3.8, 4) is 0 Å². The first-order valence-electron chi connectivity index (χ1n) is 1.24. The molecule has 0 aliphatic carbocycles. The van der Waals surface area contributed by atoms with Gasteiger partial charge >= 0.3 is 0 Å². The van der Waals surface area contributed by atoms with Gasteiger partial charge < -0.3 is 0 Å². The van der Waals surface area contributed by atoms with Crippen molar-refractivity contribution in [1.29, 1.82) is 0 Å². The number of hydrogen-bond donors (Lipinski definition) is 0. The fourth-order valence-corrected chi connectivity index (χ4v) is 0. The highest BCUT2D eigenvalue weighted by molar-refractivity contribution is 7.80. The molecule has 0 N–H and O–H groups in total. The van der Waals surface area contributed by atoms with Crippen LogP contribution in [0, 0.1) is 0 Å². The molecule has 0 aliphatic rings. The molecule has 0 bridgehead atoms. The third-order valence-electron chi connectivity index (χ3n) is 0.223. The summed E-state index contributed by atoms with van der Waals surface area (Å²) in [5.41, 5.74) is 0. The molecule has 0 saturated heterocycles. The molecule has 0 aliphatic heterocycles. The van der Waals surface area contributed by atoms with E-state index >= 15 is 0 Å². The zero-order valence-electron chi connectivity index (χ0n) is 3.06. The Morgan fingerprint density at radius 2 is 2.20 bits per heavy atom. The number of aliphatic imine (C=N–C) groups is 1. The summed E-state index contributed by atoms with van der Waals surface area (Å²) in [7, 11) is 0. The molecule has 0 aromatic rings. The van der Waals surface area contributed by atoms with E-state index in [-0.39, 0.29) is 0 Å². The van der Waals surface area contributed by atoms with E-state index in [1.807, 2.05) is 0 Å². The molecule has 0 fully saturated rings. The van der Waals surface area contributed by atoms with E-state index in [0.717, 1.165) is 0 Å². The van der Waals surface area contributed by atoms with Gasteiger partial charge in [0.2, 0.25) is 0 Å². The Labute approximate surface area is 36.7 Å². The van der Waals surface area contributed by atoms with Crippen LogP contribution >= 0.6 is 12.2 Å². The highest BCUT2D eigenvalue weighted by Crippen LogP contribution is 1.68. The average molecular weight is 87.1 g/mol. The third-order valence-corrected chi connectivity index (χ3v) is 0.352. The van der Waals surface area contributed by atoms with Gasteiger partial charge in [-0.05, 0) is 13.6 Å². The molecule has 0 aromatic heterocycles. The van der Waals surface area contributed by atoms with Gasteiger partial charge in [-0.1, -0.05) is 12.2 Å². The number of rotatable bonds is 0. The lowest BCUT2D eigenvalue weighted by Crippen LogP contribution is -1.69. The second-order valence-electron chi connectivity index (χ2n) is 0.677. The SMILES string of the molecule is C=NC(C)=S. The van der Waals surface area contributed by atoms with E-state index in [1.165, 1.54) is 0 Å². The van der Waals surface area contributed by atoms with Crippen molar-refractivity contribution in [1.82, 2.24) is 0 Å². The van der Waals surface area contributed by atoms with E-state index in [4.69, 9.17) is 0 Å². The number of hydrogen-bond acceptors (Lipinski definition) is 1. The third kappa shape index (κ3) is 3.76. The van der Waals surface area contributed by atoms with Crippen LogP contribution in [0.4, 0.5) is 0 Å². The van der Waals surface area contributed by atoms with E-state index < -0.39 is 0 Å². The smallest absolute Gasteiger partial charge is 0.0991 e. The van der Waals surface area contributed by atoms with Crippen LogP contribution in [0.3, 0.4) is 0 Å². The number of nitrogens with zero attached hydrogens (tertiary/aromatic N) is 1. The highest BCUT2D eigenvalue weighted by Gasteiger charge is 1.63. The van der Waals surface area contributed by atoms with E-state index in [0.29, 0.717) is 4.99 Å². The van der Waals surface area contributed by atoms with Gasteiger partial charge in [0, 0.05) is 0 Å². The average Bonchev–Trinajstić information content (AvgIpc) is 1.38. The Morgan fingerprint density at radius 3 is 2.20 bits per heavy atom. The van der Waals surface area contributed by atoms with Crippen LogP contribution in [-0.2, 0) is 0 Å². The molecular formula is C3H5NS. The predicted molar refractivity (Wildman–Crippen MR) is 27.8 cm³/mol. The lowest BCUT2D eigenvalue weighted by atomic mass is 10.8. The minimum atomic E-state index is 0.602. The minimum absolute atomic E-state index is 0.602.